The molecule has 1 unspecified atom stereocenters. The SMILES string of the molecule is CC(=O)c1cccc(S(=O)(=O)N2CCC(C)(CN)C2)c1.Cl. The van der Waals surface area contributed by atoms with Crippen LogP contribution in [0, 0.1) is 5.41 Å². The van der Waals surface area contributed by atoms with Crippen LogP contribution >= 0.6 is 12.4 Å². The zero-order valence-electron chi connectivity index (χ0n) is 12.2. The van der Waals surface area contributed by atoms with Crippen LogP contribution in [0.15, 0.2) is 29.2 Å². The third-order valence-electron chi connectivity index (χ3n) is 3.89. The normalized spacial score (nSPS) is 22.8. The van der Waals surface area contributed by atoms with Crippen molar-refractivity contribution in [1.82, 2.24) is 4.31 Å². The zero-order valence-corrected chi connectivity index (χ0v) is 13.8. The summed E-state index contributed by atoms with van der Waals surface area (Å²) in [5.41, 5.74) is 5.96. The van der Waals surface area contributed by atoms with Gasteiger partial charge in [0.25, 0.3) is 0 Å². The number of Topliss-reactive ketones (excluding diaryl/α,β-unsaturated/α-hetero) is 1. The van der Waals surface area contributed by atoms with Gasteiger partial charge in [-0.25, -0.2) is 8.42 Å². The minimum absolute atomic E-state index is 0. The number of nitrogens with two attached hydrogens (primary N) is 1. The number of nitrogens with zero attached hydrogens (tertiary/aromatic N) is 1. The van der Waals surface area contributed by atoms with Gasteiger partial charge in [-0.1, -0.05) is 19.1 Å². The van der Waals surface area contributed by atoms with E-state index in [1.54, 1.807) is 12.1 Å². The Labute approximate surface area is 132 Å². The maximum Gasteiger partial charge on any atom is 0.243 e. The van der Waals surface area contributed by atoms with Crippen LogP contribution in [-0.4, -0.2) is 38.1 Å². The molecule has 1 aliphatic heterocycles. The van der Waals surface area contributed by atoms with Crippen molar-refractivity contribution in [1.29, 1.82) is 0 Å². The molecule has 1 aromatic carbocycles. The van der Waals surface area contributed by atoms with Crippen LogP contribution in [0.1, 0.15) is 30.6 Å². The lowest BCUT2D eigenvalue weighted by atomic mass is 9.90. The Balaban J connectivity index is 0.00000220. The summed E-state index contributed by atoms with van der Waals surface area (Å²) >= 11 is 0. The summed E-state index contributed by atoms with van der Waals surface area (Å²) < 4.78 is 26.6. The van der Waals surface area contributed by atoms with E-state index in [9.17, 15) is 13.2 Å². The number of sulfonamides is 1. The quantitative estimate of drug-likeness (QED) is 0.850. The van der Waals surface area contributed by atoms with Gasteiger partial charge >= 0.3 is 0 Å². The van der Waals surface area contributed by atoms with Crippen LogP contribution < -0.4 is 5.73 Å². The molecule has 1 heterocycles. The van der Waals surface area contributed by atoms with E-state index >= 15 is 0 Å². The highest BCUT2D eigenvalue weighted by molar-refractivity contribution is 7.89. The molecule has 118 valence electrons. The summed E-state index contributed by atoms with van der Waals surface area (Å²) in [6.07, 6.45) is 0.759. The van der Waals surface area contributed by atoms with E-state index < -0.39 is 10.0 Å². The summed E-state index contributed by atoms with van der Waals surface area (Å²) in [6, 6.07) is 6.19. The van der Waals surface area contributed by atoms with E-state index in [0.717, 1.165) is 6.42 Å². The van der Waals surface area contributed by atoms with Gasteiger partial charge < -0.3 is 5.73 Å². The monoisotopic (exact) mass is 332 g/mol. The molecule has 1 saturated heterocycles. The molecule has 2 rings (SSSR count). The van der Waals surface area contributed by atoms with E-state index in [1.807, 2.05) is 6.92 Å². The van der Waals surface area contributed by atoms with Crippen molar-refractivity contribution in [2.75, 3.05) is 19.6 Å². The summed E-state index contributed by atoms with van der Waals surface area (Å²) in [5, 5.41) is 0. The van der Waals surface area contributed by atoms with E-state index in [4.69, 9.17) is 5.73 Å². The number of carbonyl (C=O) groups is 1. The number of benzene rings is 1. The summed E-state index contributed by atoms with van der Waals surface area (Å²) in [6.45, 7) is 4.78. The molecule has 5 nitrogen and oxygen atoms in total. The first-order valence-electron chi connectivity index (χ1n) is 6.60. The van der Waals surface area contributed by atoms with Crippen molar-refractivity contribution in [3.8, 4) is 0 Å². The molecule has 1 atom stereocenters. The fourth-order valence-corrected chi connectivity index (χ4v) is 4.01. The first-order chi connectivity index (χ1) is 9.28. The van der Waals surface area contributed by atoms with Crippen molar-refractivity contribution >= 4 is 28.2 Å². The molecular weight excluding hydrogens is 312 g/mol. The lowest BCUT2D eigenvalue weighted by Crippen LogP contribution is -2.34. The lowest BCUT2D eigenvalue weighted by molar-refractivity contribution is 0.101. The first-order valence-corrected chi connectivity index (χ1v) is 8.04. The standard InChI is InChI=1S/C14H20N2O3S.ClH/c1-11(17)12-4-3-5-13(8-12)20(18,19)16-7-6-14(2,9-15)10-16;/h3-5,8H,6-7,9-10,15H2,1-2H3;1H. The van der Waals surface area contributed by atoms with Gasteiger partial charge in [0.2, 0.25) is 10.0 Å². The van der Waals surface area contributed by atoms with Crippen molar-refractivity contribution in [3.05, 3.63) is 29.8 Å². The number of hydrogen-bond acceptors (Lipinski definition) is 4. The van der Waals surface area contributed by atoms with Crippen LogP contribution in [0.5, 0.6) is 0 Å². The van der Waals surface area contributed by atoms with Crippen LogP contribution in [-0.2, 0) is 10.0 Å². The average molecular weight is 333 g/mol. The molecule has 0 amide bonds. The van der Waals surface area contributed by atoms with Gasteiger partial charge in [-0.15, -0.1) is 12.4 Å². The Morgan fingerprint density at radius 1 is 1.43 bits per heavy atom. The predicted octanol–water partition coefficient (Wildman–Crippen LogP) is 1.67. The van der Waals surface area contributed by atoms with Gasteiger partial charge in [0.1, 0.15) is 0 Å². The van der Waals surface area contributed by atoms with Gasteiger partial charge in [-0.3, -0.25) is 4.79 Å². The van der Waals surface area contributed by atoms with Gasteiger partial charge in [-0.05, 0) is 37.4 Å². The molecule has 0 bridgehead atoms. The van der Waals surface area contributed by atoms with Crippen LogP contribution in [0.2, 0.25) is 0 Å². The molecule has 0 aromatic heterocycles. The van der Waals surface area contributed by atoms with Gasteiger partial charge in [0.15, 0.2) is 5.78 Å². The smallest absolute Gasteiger partial charge is 0.243 e. The molecule has 0 radical (unpaired) electrons. The van der Waals surface area contributed by atoms with Crippen molar-refractivity contribution < 1.29 is 13.2 Å². The second kappa shape index (κ2) is 6.44. The van der Waals surface area contributed by atoms with E-state index in [1.165, 1.54) is 23.4 Å². The molecule has 7 heteroatoms. The highest BCUT2D eigenvalue weighted by Gasteiger charge is 2.39. The Kier molecular flexibility index (Phi) is 5.55. The molecule has 1 aromatic rings. The van der Waals surface area contributed by atoms with Gasteiger partial charge in [-0.2, -0.15) is 4.31 Å². The topological polar surface area (TPSA) is 80.5 Å². The lowest BCUT2D eigenvalue weighted by Gasteiger charge is -2.22. The Morgan fingerprint density at radius 2 is 2.10 bits per heavy atom. The average Bonchev–Trinajstić information content (AvgIpc) is 2.83. The first kappa shape index (κ1) is 18.1. The molecule has 0 spiro atoms. The Bertz CT molecular complexity index is 633. The predicted molar refractivity (Wildman–Crippen MR) is 84.2 cm³/mol. The highest BCUT2D eigenvalue weighted by Crippen LogP contribution is 2.32. The zero-order chi connectivity index (χ0) is 15.0. The second-order valence-corrected chi connectivity index (χ2v) is 7.63. The van der Waals surface area contributed by atoms with E-state index in [2.05, 4.69) is 0 Å². The van der Waals surface area contributed by atoms with Crippen LogP contribution in [0.4, 0.5) is 0 Å². The molecule has 2 N–H and O–H groups in total. The molecule has 21 heavy (non-hydrogen) atoms. The van der Waals surface area contributed by atoms with Crippen molar-refractivity contribution in [2.45, 2.75) is 25.2 Å². The molecule has 1 fully saturated rings. The fraction of sp³-hybridized carbons (Fsp3) is 0.500. The minimum Gasteiger partial charge on any atom is -0.330 e. The summed E-state index contributed by atoms with van der Waals surface area (Å²) in [5.74, 6) is -0.143. The fourth-order valence-electron chi connectivity index (χ4n) is 2.37. The third-order valence-corrected chi connectivity index (χ3v) is 5.74. The van der Waals surface area contributed by atoms with Crippen molar-refractivity contribution in [3.63, 3.8) is 0 Å². The van der Waals surface area contributed by atoms with Gasteiger partial charge in [0.05, 0.1) is 4.90 Å². The number of rotatable bonds is 4. The number of ketones is 1. The van der Waals surface area contributed by atoms with E-state index in [0.29, 0.717) is 25.2 Å². The van der Waals surface area contributed by atoms with E-state index in [-0.39, 0.29) is 28.5 Å². The minimum atomic E-state index is -3.55. The molecule has 0 saturated carbocycles. The Hall–Kier alpha value is -0.950. The van der Waals surface area contributed by atoms with Crippen LogP contribution in [0.25, 0.3) is 0 Å². The highest BCUT2D eigenvalue weighted by atomic mass is 35.5. The number of hydrogen-bond donors (Lipinski definition) is 1. The molecular formula is C14H21ClN2O3S. The largest absolute Gasteiger partial charge is 0.330 e. The van der Waals surface area contributed by atoms with Crippen LogP contribution in [0.3, 0.4) is 0 Å². The second-order valence-electron chi connectivity index (χ2n) is 5.69. The molecule has 0 aliphatic carbocycles. The maximum atomic E-state index is 12.6. The maximum absolute atomic E-state index is 12.6. The number of halogens is 1. The van der Waals surface area contributed by atoms with Gasteiger partial charge in [0, 0.05) is 18.7 Å². The van der Waals surface area contributed by atoms with Crippen molar-refractivity contribution in [2.24, 2.45) is 11.1 Å². The number of carbonyl (C=O) groups excluding carboxylic acids is 1. The summed E-state index contributed by atoms with van der Waals surface area (Å²) in [4.78, 5) is 11.5. The molecule has 1 aliphatic rings. The Morgan fingerprint density at radius 3 is 2.62 bits per heavy atom. The third kappa shape index (κ3) is 3.63. The summed E-state index contributed by atoms with van der Waals surface area (Å²) in [7, 11) is -3.55.